The second-order valence-electron chi connectivity index (χ2n) is 8.74. The van der Waals surface area contributed by atoms with Crippen molar-refractivity contribution in [2.75, 3.05) is 0 Å². The zero-order chi connectivity index (χ0) is 22.3. The molecule has 1 fully saturated rings. The predicted octanol–water partition coefficient (Wildman–Crippen LogP) is 3.76. The van der Waals surface area contributed by atoms with Crippen molar-refractivity contribution in [1.82, 2.24) is 20.4 Å². The molecule has 162 valence electrons. The molecule has 2 atom stereocenters. The fourth-order valence-electron chi connectivity index (χ4n) is 4.64. The number of amides is 2. The Labute approximate surface area is 187 Å². The summed E-state index contributed by atoms with van der Waals surface area (Å²) in [6.07, 6.45) is 5.68. The highest BCUT2D eigenvalue weighted by Crippen LogP contribution is 2.29. The minimum Gasteiger partial charge on any atom is -0.323 e. The molecular weight excluding hydrogens is 400 g/mol. The van der Waals surface area contributed by atoms with Gasteiger partial charge in [0.05, 0.1) is 5.69 Å². The van der Waals surface area contributed by atoms with Gasteiger partial charge in [-0.1, -0.05) is 44.2 Å². The Hall–Kier alpha value is -3.74. The van der Waals surface area contributed by atoms with Gasteiger partial charge in [0.1, 0.15) is 5.54 Å². The Morgan fingerprint density at radius 3 is 2.66 bits per heavy atom. The maximum Gasteiger partial charge on any atom is 0.317 e. The summed E-state index contributed by atoms with van der Waals surface area (Å²) in [5.41, 5.74) is 4.85. The number of urea groups is 1. The Bertz CT molecular complexity index is 1210. The van der Waals surface area contributed by atoms with Gasteiger partial charge in [-0.2, -0.15) is 5.10 Å². The fourth-order valence-corrected chi connectivity index (χ4v) is 4.64. The summed E-state index contributed by atoms with van der Waals surface area (Å²) < 4.78 is 1.82. The van der Waals surface area contributed by atoms with E-state index in [4.69, 9.17) is 9.98 Å². The lowest BCUT2D eigenvalue weighted by atomic mass is 9.88. The van der Waals surface area contributed by atoms with Crippen LogP contribution in [0.25, 0.3) is 5.69 Å². The summed E-state index contributed by atoms with van der Waals surface area (Å²) in [6.45, 7) is 6.46. The number of amidine groups is 1. The number of carbonyl (C=O) groups excluding carboxylic acids is 1. The highest BCUT2D eigenvalue weighted by atomic mass is 16.2. The third kappa shape index (κ3) is 3.49. The van der Waals surface area contributed by atoms with Gasteiger partial charge in [-0.3, -0.25) is 0 Å². The summed E-state index contributed by atoms with van der Waals surface area (Å²) in [5.74, 6) is 1.01. The number of aliphatic imine (C=N–C) groups is 2. The number of rotatable bonds is 5. The van der Waals surface area contributed by atoms with Crippen LogP contribution in [0, 0.1) is 6.92 Å². The van der Waals surface area contributed by atoms with Crippen molar-refractivity contribution in [2.45, 2.75) is 44.8 Å². The molecule has 3 heterocycles. The lowest BCUT2D eigenvalue weighted by Crippen LogP contribution is -2.54. The van der Waals surface area contributed by atoms with E-state index in [-0.39, 0.29) is 6.03 Å². The second kappa shape index (κ2) is 7.75. The van der Waals surface area contributed by atoms with Gasteiger partial charge in [0, 0.05) is 30.6 Å². The van der Waals surface area contributed by atoms with E-state index >= 15 is 0 Å². The first-order chi connectivity index (χ1) is 15.4. The molecule has 1 aromatic heterocycles. The lowest BCUT2D eigenvalue weighted by molar-refractivity contribution is 0.246. The molecule has 2 N–H and O–H groups in total. The number of nitrogens with one attached hydrogen (secondary N) is 2. The molecule has 2 aliphatic heterocycles. The van der Waals surface area contributed by atoms with E-state index < -0.39 is 11.7 Å². The number of hydrogen-bond donors (Lipinski definition) is 2. The van der Waals surface area contributed by atoms with Crippen molar-refractivity contribution in [2.24, 2.45) is 9.98 Å². The molecule has 7 nitrogen and oxygen atoms in total. The van der Waals surface area contributed by atoms with E-state index in [0.29, 0.717) is 18.2 Å². The quantitative estimate of drug-likeness (QED) is 0.651. The highest BCUT2D eigenvalue weighted by Gasteiger charge is 2.47. The van der Waals surface area contributed by atoms with E-state index in [1.807, 2.05) is 41.4 Å². The smallest absolute Gasteiger partial charge is 0.317 e. The van der Waals surface area contributed by atoms with Gasteiger partial charge in [-0.15, -0.1) is 0 Å². The van der Waals surface area contributed by atoms with E-state index in [2.05, 4.69) is 60.8 Å². The first-order valence-electron chi connectivity index (χ1n) is 10.9. The molecule has 0 aliphatic carbocycles. The van der Waals surface area contributed by atoms with Gasteiger partial charge in [0.25, 0.3) is 0 Å². The van der Waals surface area contributed by atoms with Crippen LogP contribution in [0.4, 0.5) is 4.79 Å². The molecule has 0 bridgehead atoms. The van der Waals surface area contributed by atoms with Crippen molar-refractivity contribution in [3.8, 4) is 5.69 Å². The van der Waals surface area contributed by atoms with E-state index in [0.717, 1.165) is 16.8 Å². The Morgan fingerprint density at radius 1 is 1.12 bits per heavy atom. The zero-order valence-corrected chi connectivity index (χ0v) is 18.4. The van der Waals surface area contributed by atoms with Gasteiger partial charge in [0.15, 0.2) is 12.0 Å². The molecule has 1 saturated heterocycles. The van der Waals surface area contributed by atoms with Crippen LogP contribution in [0.5, 0.6) is 0 Å². The number of aryl methyl sites for hydroxylation is 1. The summed E-state index contributed by atoms with van der Waals surface area (Å²) in [4.78, 5) is 22.0. The number of benzene rings is 2. The van der Waals surface area contributed by atoms with E-state index in [1.54, 1.807) is 6.20 Å². The van der Waals surface area contributed by atoms with Gasteiger partial charge in [0.2, 0.25) is 0 Å². The molecule has 2 aromatic carbocycles. The van der Waals surface area contributed by atoms with Crippen LogP contribution in [0.15, 0.2) is 70.9 Å². The molecule has 32 heavy (non-hydrogen) atoms. The number of carbonyl (C=O) groups is 1. The minimum atomic E-state index is -0.699. The number of nitrogens with zero attached hydrogens (tertiary/aromatic N) is 4. The summed E-state index contributed by atoms with van der Waals surface area (Å²) >= 11 is 0. The van der Waals surface area contributed by atoms with E-state index in [9.17, 15) is 4.79 Å². The van der Waals surface area contributed by atoms with Gasteiger partial charge in [-0.05, 0) is 47.7 Å². The molecule has 2 unspecified atom stereocenters. The van der Waals surface area contributed by atoms with Gasteiger partial charge < -0.3 is 10.6 Å². The molecule has 2 aliphatic rings. The third-order valence-electron chi connectivity index (χ3n) is 6.11. The molecule has 0 saturated carbocycles. The average Bonchev–Trinajstić information content (AvgIpc) is 3.40. The van der Waals surface area contributed by atoms with Crippen LogP contribution < -0.4 is 10.6 Å². The second-order valence-corrected chi connectivity index (χ2v) is 8.74. The Morgan fingerprint density at radius 2 is 1.94 bits per heavy atom. The maximum atomic E-state index is 12.3. The maximum absolute atomic E-state index is 12.3. The van der Waals surface area contributed by atoms with Crippen molar-refractivity contribution in [1.29, 1.82) is 0 Å². The molecule has 3 aromatic rings. The molecule has 5 rings (SSSR count). The van der Waals surface area contributed by atoms with Crippen LogP contribution in [0.3, 0.4) is 0 Å². The third-order valence-corrected chi connectivity index (χ3v) is 6.11. The highest BCUT2D eigenvalue weighted by molar-refractivity contribution is 6.08. The zero-order valence-electron chi connectivity index (χ0n) is 18.4. The molecule has 7 heteroatoms. The van der Waals surface area contributed by atoms with Crippen LogP contribution in [-0.2, 0) is 6.42 Å². The summed E-state index contributed by atoms with van der Waals surface area (Å²) in [6, 6.07) is 16.0. The minimum absolute atomic E-state index is 0.229. The molecule has 2 amide bonds. The normalized spacial score (nSPS) is 21.8. The van der Waals surface area contributed by atoms with Crippen molar-refractivity contribution >= 4 is 18.1 Å². The summed E-state index contributed by atoms with van der Waals surface area (Å²) in [5, 5.41) is 10.3. The lowest BCUT2D eigenvalue weighted by Gasteiger charge is -2.31. The standard InChI is InChI=1S/C25H26N6O/c1-16(2)21-17(3)6-4-7-20(21)22-26-15-25(23(28-22)29-24(32)30-25)14-18-8-10-19(11-9-18)31-13-5-12-27-31/h4-13,15-16,23H,14H2,1-3H3,(H2,29,30,32). The monoisotopic (exact) mass is 426 g/mol. The molecular formula is C25H26N6O. The fraction of sp³-hybridized carbons (Fsp3) is 0.280. The largest absolute Gasteiger partial charge is 0.323 e. The van der Waals surface area contributed by atoms with Crippen LogP contribution in [0.1, 0.15) is 42.0 Å². The first kappa shape index (κ1) is 20.2. The van der Waals surface area contributed by atoms with Crippen LogP contribution >= 0.6 is 0 Å². The van der Waals surface area contributed by atoms with Crippen LogP contribution in [0.2, 0.25) is 0 Å². The van der Waals surface area contributed by atoms with Crippen LogP contribution in [-0.4, -0.2) is 39.6 Å². The number of fused-ring (bicyclic) bond motifs is 1. The topological polar surface area (TPSA) is 83.7 Å². The Kier molecular flexibility index (Phi) is 4.89. The molecule has 0 spiro atoms. The van der Waals surface area contributed by atoms with Crippen molar-refractivity contribution in [3.05, 3.63) is 83.2 Å². The van der Waals surface area contributed by atoms with E-state index in [1.165, 1.54) is 11.1 Å². The summed E-state index contributed by atoms with van der Waals surface area (Å²) in [7, 11) is 0. The van der Waals surface area contributed by atoms with Crippen molar-refractivity contribution < 1.29 is 4.79 Å². The van der Waals surface area contributed by atoms with Gasteiger partial charge >= 0.3 is 6.03 Å². The number of hydrogen-bond acceptors (Lipinski definition) is 4. The Balaban J connectivity index is 1.45. The molecule has 0 radical (unpaired) electrons. The van der Waals surface area contributed by atoms with Gasteiger partial charge in [-0.25, -0.2) is 19.5 Å². The SMILES string of the molecule is Cc1cccc(C2=NC3NC(=O)NC3(Cc3ccc(-n4cccn4)cc3)C=N2)c1C(C)C. The average molecular weight is 427 g/mol. The number of aromatic nitrogens is 2. The first-order valence-corrected chi connectivity index (χ1v) is 10.9. The predicted molar refractivity (Wildman–Crippen MR) is 126 cm³/mol. The van der Waals surface area contributed by atoms with Crippen molar-refractivity contribution in [3.63, 3.8) is 0 Å².